The van der Waals surface area contributed by atoms with Crippen LogP contribution in [-0.4, -0.2) is 58.3 Å². The van der Waals surface area contributed by atoms with E-state index in [9.17, 15) is 18.7 Å². The van der Waals surface area contributed by atoms with E-state index in [1.807, 2.05) is 0 Å². The molecule has 0 saturated carbocycles. The fourth-order valence-electron chi connectivity index (χ4n) is 3.94. The predicted molar refractivity (Wildman–Crippen MR) is 103 cm³/mol. The van der Waals surface area contributed by atoms with Gasteiger partial charge in [0.2, 0.25) is 0 Å². The number of carboxylic acids is 1. The lowest BCUT2D eigenvalue weighted by atomic mass is 9.74. The Labute approximate surface area is 164 Å². The van der Waals surface area contributed by atoms with E-state index in [0.717, 1.165) is 0 Å². The molecule has 1 aromatic rings. The minimum Gasteiger partial charge on any atom is -0.480 e. The minimum atomic E-state index is -1.39. The zero-order valence-electron chi connectivity index (χ0n) is 16.0. The number of hydrogen-bond donors (Lipinski definition) is 4. The molecule has 5 N–H and O–H groups in total. The Morgan fingerprint density at radius 3 is 2.36 bits per heavy atom. The van der Waals surface area contributed by atoms with Gasteiger partial charge < -0.3 is 25.8 Å². The van der Waals surface area contributed by atoms with E-state index in [-0.39, 0.29) is 30.6 Å². The Kier molecular flexibility index (Phi) is 8.36. The number of benzene rings is 1. The topological polar surface area (TPSA) is 107 Å². The number of aliphatic carboxylic acids is 1. The van der Waals surface area contributed by atoms with Gasteiger partial charge in [-0.25, -0.2) is 8.78 Å². The third-order valence-electron chi connectivity index (χ3n) is 5.76. The fraction of sp³-hybridized carbons (Fsp3) is 0.632. The molecule has 0 aliphatic carbocycles. The van der Waals surface area contributed by atoms with Crippen molar-refractivity contribution in [3.8, 4) is 0 Å². The number of hydrogen-bond acceptors (Lipinski definition) is 5. The molecule has 0 spiro atoms. The molecule has 1 atom stereocenters. The first-order chi connectivity index (χ1) is 13.2. The summed E-state index contributed by atoms with van der Waals surface area (Å²) >= 11 is 0. The van der Waals surface area contributed by atoms with Gasteiger partial charge in [-0.15, -0.1) is 0 Å². The van der Waals surface area contributed by atoms with Gasteiger partial charge in [0.1, 0.15) is 17.2 Å². The van der Waals surface area contributed by atoms with Crippen molar-refractivity contribution in [2.75, 3.05) is 19.6 Å². The van der Waals surface area contributed by atoms with Gasteiger partial charge in [0, 0.05) is 12.1 Å². The summed E-state index contributed by atoms with van der Waals surface area (Å²) < 4.78 is 27.5. The number of nitrogens with two attached hydrogens (primary N) is 1. The maximum Gasteiger partial charge on any atom is 0.451 e. The van der Waals surface area contributed by atoms with Gasteiger partial charge >= 0.3 is 13.1 Å². The Morgan fingerprint density at radius 2 is 1.82 bits per heavy atom. The third-order valence-corrected chi connectivity index (χ3v) is 5.76. The van der Waals surface area contributed by atoms with Gasteiger partial charge in [0.25, 0.3) is 0 Å². The number of rotatable bonds is 10. The van der Waals surface area contributed by atoms with Crippen LogP contribution < -0.4 is 5.73 Å². The molecular formula is C19H29BF2N2O4. The maximum absolute atomic E-state index is 13.7. The Bertz CT molecular complexity index is 637. The highest BCUT2D eigenvalue weighted by Gasteiger charge is 2.42. The van der Waals surface area contributed by atoms with Gasteiger partial charge in [-0.1, -0.05) is 18.9 Å². The SMILES string of the molecule is NC(CCCCB(O)O)(C(=O)O)C1CCN(CCc2c(F)cccc2F)CC1. The zero-order valence-corrected chi connectivity index (χ0v) is 16.0. The second kappa shape index (κ2) is 10.3. The molecule has 0 aromatic heterocycles. The minimum absolute atomic E-state index is 0.0781. The van der Waals surface area contributed by atoms with E-state index in [2.05, 4.69) is 4.90 Å². The number of likely N-dealkylation sites (tertiary alicyclic amines) is 1. The van der Waals surface area contributed by atoms with Gasteiger partial charge in [-0.2, -0.15) is 0 Å². The molecule has 1 heterocycles. The average molecular weight is 398 g/mol. The van der Waals surface area contributed by atoms with E-state index in [0.29, 0.717) is 45.3 Å². The molecular weight excluding hydrogens is 369 g/mol. The summed E-state index contributed by atoms with van der Waals surface area (Å²) in [5.41, 5.74) is 4.98. The number of unbranched alkanes of at least 4 members (excludes halogenated alkanes) is 1. The van der Waals surface area contributed by atoms with Crippen LogP contribution in [0.4, 0.5) is 8.78 Å². The van der Waals surface area contributed by atoms with Crippen LogP contribution in [0.25, 0.3) is 0 Å². The largest absolute Gasteiger partial charge is 0.480 e. The number of halogens is 2. The lowest BCUT2D eigenvalue weighted by Gasteiger charge is -2.40. The smallest absolute Gasteiger partial charge is 0.451 e. The fourth-order valence-corrected chi connectivity index (χ4v) is 3.94. The molecule has 9 heteroatoms. The van der Waals surface area contributed by atoms with Crippen LogP contribution in [-0.2, 0) is 11.2 Å². The zero-order chi connectivity index (χ0) is 20.7. The van der Waals surface area contributed by atoms with E-state index < -0.39 is 30.3 Å². The average Bonchev–Trinajstić information content (AvgIpc) is 2.65. The van der Waals surface area contributed by atoms with Gasteiger partial charge in [-0.3, -0.25) is 4.79 Å². The molecule has 0 amide bonds. The van der Waals surface area contributed by atoms with Crippen LogP contribution in [0.5, 0.6) is 0 Å². The number of nitrogens with zero attached hydrogens (tertiary/aromatic N) is 1. The van der Waals surface area contributed by atoms with Crippen molar-refractivity contribution in [1.29, 1.82) is 0 Å². The molecule has 0 radical (unpaired) electrons. The number of carbonyl (C=O) groups is 1. The van der Waals surface area contributed by atoms with Crippen LogP contribution >= 0.6 is 0 Å². The first kappa shape index (κ1) is 22.7. The van der Waals surface area contributed by atoms with Crippen molar-refractivity contribution in [2.24, 2.45) is 11.7 Å². The molecule has 1 saturated heterocycles. The summed E-state index contributed by atoms with van der Waals surface area (Å²) in [6, 6.07) is 3.83. The number of carboxylic acid groups (broad SMARTS) is 1. The van der Waals surface area contributed by atoms with Crippen LogP contribution in [0, 0.1) is 17.6 Å². The predicted octanol–water partition coefficient (Wildman–Crippen LogP) is 1.64. The monoisotopic (exact) mass is 398 g/mol. The summed E-state index contributed by atoms with van der Waals surface area (Å²) in [7, 11) is -1.39. The first-order valence-electron chi connectivity index (χ1n) is 9.77. The molecule has 2 rings (SSSR count). The summed E-state index contributed by atoms with van der Waals surface area (Å²) in [6.07, 6.45) is 2.95. The Morgan fingerprint density at radius 1 is 1.21 bits per heavy atom. The van der Waals surface area contributed by atoms with Gasteiger partial charge in [0.15, 0.2) is 0 Å². The maximum atomic E-state index is 13.7. The molecule has 156 valence electrons. The molecule has 1 aliphatic heterocycles. The van der Waals surface area contributed by atoms with E-state index in [1.54, 1.807) is 0 Å². The molecule has 1 unspecified atom stereocenters. The number of piperidine rings is 1. The first-order valence-corrected chi connectivity index (χ1v) is 9.77. The molecule has 1 fully saturated rings. The van der Waals surface area contributed by atoms with Crippen LogP contribution in [0.1, 0.15) is 37.7 Å². The lowest BCUT2D eigenvalue weighted by Crippen LogP contribution is -2.57. The van der Waals surface area contributed by atoms with Crippen molar-refractivity contribution in [1.82, 2.24) is 4.90 Å². The Hall–Kier alpha value is -1.55. The van der Waals surface area contributed by atoms with E-state index in [1.165, 1.54) is 18.2 Å². The highest BCUT2D eigenvalue weighted by atomic mass is 19.1. The van der Waals surface area contributed by atoms with Crippen molar-refractivity contribution >= 4 is 13.1 Å². The molecule has 1 aliphatic rings. The molecule has 1 aromatic carbocycles. The van der Waals surface area contributed by atoms with Crippen LogP contribution in [0.3, 0.4) is 0 Å². The molecule has 0 bridgehead atoms. The van der Waals surface area contributed by atoms with Gasteiger partial charge in [0.05, 0.1) is 0 Å². The van der Waals surface area contributed by atoms with Crippen molar-refractivity contribution in [3.05, 3.63) is 35.4 Å². The standard InChI is InChI=1S/C19H29BF2N2O4/c21-16-4-3-5-17(22)15(16)8-13-24-11-6-14(7-12-24)19(23,18(25)26)9-1-2-10-20(27)28/h3-5,14,27-28H,1-2,6-13,23H2,(H,25,26). The molecule has 28 heavy (non-hydrogen) atoms. The Balaban J connectivity index is 1.85. The van der Waals surface area contributed by atoms with Crippen LogP contribution in [0.15, 0.2) is 18.2 Å². The highest BCUT2D eigenvalue weighted by molar-refractivity contribution is 6.40. The van der Waals surface area contributed by atoms with Crippen molar-refractivity contribution in [3.63, 3.8) is 0 Å². The van der Waals surface area contributed by atoms with Gasteiger partial charge in [-0.05, 0) is 63.1 Å². The molecule has 6 nitrogen and oxygen atoms in total. The van der Waals surface area contributed by atoms with E-state index in [4.69, 9.17) is 15.8 Å². The van der Waals surface area contributed by atoms with Crippen molar-refractivity contribution in [2.45, 2.75) is 50.4 Å². The summed E-state index contributed by atoms with van der Waals surface area (Å²) in [6.45, 7) is 1.76. The normalized spacial score (nSPS) is 18.0. The lowest BCUT2D eigenvalue weighted by molar-refractivity contribution is -0.147. The van der Waals surface area contributed by atoms with E-state index >= 15 is 0 Å². The van der Waals surface area contributed by atoms with Crippen molar-refractivity contribution < 1.29 is 28.7 Å². The highest BCUT2D eigenvalue weighted by Crippen LogP contribution is 2.31. The summed E-state index contributed by atoms with van der Waals surface area (Å²) in [5.74, 6) is -2.32. The third kappa shape index (κ3) is 5.97. The van der Waals surface area contributed by atoms with Crippen LogP contribution in [0.2, 0.25) is 6.32 Å². The summed E-state index contributed by atoms with van der Waals surface area (Å²) in [5, 5.41) is 27.4. The second-order valence-corrected chi connectivity index (χ2v) is 7.64. The second-order valence-electron chi connectivity index (χ2n) is 7.64. The summed E-state index contributed by atoms with van der Waals surface area (Å²) in [4.78, 5) is 13.9. The quantitative estimate of drug-likeness (QED) is 0.353.